The van der Waals surface area contributed by atoms with Crippen LogP contribution in [-0.4, -0.2) is 25.5 Å². The molecule has 1 unspecified atom stereocenters. The molecular weight excluding hydrogens is 336 g/mol. The predicted molar refractivity (Wildman–Crippen MR) is 81.5 cm³/mol. The van der Waals surface area contributed by atoms with Gasteiger partial charge in [0.05, 0.1) is 3.79 Å². The van der Waals surface area contributed by atoms with Gasteiger partial charge >= 0.3 is 0 Å². The monoisotopic (exact) mass is 352 g/mol. The van der Waals surface area contributed by atoms with E-state index in [9.17, 15) is 4.79 Å². The molecule has 18 heavy (non-hydrogen) atoms. The summed E-state index contributed by atoms with van der Waals surface area (Å²) in [4.78, 5) is 13.1. The van der Waals surface area contributed by atoms with Crippen molar-refractivity contribution in [2.45, 2.75) is 13.3 Å². The van der Waals surface area contributed by atoms with Gasteiger partial charge in [-0.1, -0.05) is 6.92 Å². The molecule has 3 nitrogen and oxygen atoms in total. The molecular formula is C12H18BrClN2OS. The Kier molecular flexibility index (Phi) is 6.63. The second kappa shape index (κ2) is 7.48. The Morgan fingerprint density at radius 3 is 2.83 bits per heavy atom. The van der Waals surface area contributed by atoms with E-state index in [1.807, 2.05) is 13.0 Å². The molecule has 1 aliphatic rings. The van der Waals surface area contributed by atoms with Crippen molar-refractivity contribution in [1.82, 2.24) is 10.6 Å². The molecule has 2 N–H and O–H groups in total. The first-order valence-electron chi connectivity index (χ1n) is 5.89. The van der Waals surface area contributed by atoms with Gasteiger partial charge in [0.25, 0.3) is 0 Å². The zero-order chi connectivity index (χ0) is 12.3. The highest BCUT2D eigenvalue weighted by molar-refractivity contribution is 9.11. The molecule has 1 saturated heterocycles. The fourth-order valence-corrected chi connectivity index (χ4v) is 3.32. The molecule has 1 aromatic rings. The number of amides is 1. The van der Waals surface area contributed by atoms with Crippen molar-refractivity contribution in [3.05, 3.63) is 20.8 Å². The van der Waals surface area contributed by atoms with E-state index in [2.05, 4.69) is 32.6 Å². The Bertz CT molecular complexity index is 395. The van der Waals surface area contributed by atoms with Crippen LogP contribution in [0.15, 0.2) is 15.9 Å². The van der Waals surface area contributed by atoms with Crippen LogP contribution >= 0.6 is 39.7 Å². The van der Waals surface area contributed by atoms with Crippen molar-refractivity contribution in [2.24, 2.45) is 11.8 Å². The second-order valence-corrected chi connectivity index (χ2v) is 7.00. The van der Waals surface area contributed by atoms with Crippen molar-refractivity contribution in [1.29, 1.82) is 0 Å². The van der Waals surface area contributed by atoms with Gasteiger partial charge in [-0.05, 0) is 53.5 Å². The zero-order valence-corrected chi connectivity index (χ0v) is 13.5. The largest absolute Gasteiger partial charge is 0.355 e. The molecule has 6 heteroatoms. The van der Waals surface area contributed by atoms with Crippen molar-refractivity contribution >= 4 is 45.6 Å². The molecule has 1 aromatic heterocycles. The van der Waals surface area contributed by atoms with Gasteiger partial charge in [0.15, 0.2) is 0 Å². The Hall–Kier alpha value is -0.100. The first-order valence-corrected chi connectivity index (χ1v) is 7.50. The molecule has 0 radical (unpaired) electrons. The summed E-state index contributed by atoms with van der Waals surface area (Å²) in [7, 11) is 0. The molecule has 2 rings (SSSR count). The van der Waals surface area contributed by atoms with E-state index < -0.39 is 0 Å². The lowest BCUT2D eigenvalue weighted by molar-refractivity contribution is -0.126. The Balaban J connectivity index is 0.00000162. The molecule has 1 atom stereocenters. The summed E-state index contributed by atoms with van der Waals surface area (Å²) in [5, 5.41) is 6.21. The van der Waals surface area contributed by atoms with Crippen LogP contribution in [0, 0.1) is 11.8 Å². The number of hydrogen-bond donors (Lipinski definition) is 2. The minimum atomic E-state index is 0. The molecule has 102 valence electrons. The highest BCUT2D eigenvalue weighted by Gasteiger charge is 2.28. The smallest absolute Gasteiger partial charge is 0.223 e. The third-order valence-electron chi connectivity index (χ3n) is 3.23. The van der Waals surface area contributed by atoms with E-state index >= 15 is 0 Å². The van der Waals surface area contributed by atoms with Gasteiger partial charge < -0.3 is 10.6 Å². The molecule has 0 aliphatic carbocycles. The van der Waals surface area contributed by atoms with Gasteiger partial charge in [-0.25, -0.2) is 0 Å². The highest BCUT2D eigenvalue weighted by atomic mass is 79.9. The molecule has 1 aliphatic heterocycles. The molecule has 0 spiro atoms. The fraction of sp³-hybridized carbons (Fsp3) is 0.583. The summed E-state index contributed by atoms with van der Waals surface area (Å²) in [5.41, 5.74) is 0. The van der Waals surface area contributed by atoms with Crippen LogP contribution in [0.25, 0.3) is 0 Å². The maximum absolute atomic E-state index is 11.8. The third-order valence-corrected chi connectivity index (χ3v) is 4.92. The average Bonchev–Trinajstić information content (AvgIpc) is 2.61. The van der Waals surface area contributed by atoms with E-state index in [0.717, 1.165) is 29.8 Å². The Morgan fingerprint density at radius 1 is 1.61 bits per heavy atom. The number of halogens is 2. The van der Waals surface area contributed by atoms with Crippen molar-refractivity contribution in [3.63, 3.8) is 0 Å². The predicted octanol–water partition coefficient (Wildman–Crippen LogP) is 2.45. The van der Waals surface area contributed by atoms with Crippen LogP contribution < -0.4 is 10.6 Å². The van der Waals surface area contributed by atoms with Gasteiger partial charge in [0.1, 0.15) is 0 Å². The van der Waals surface area contributed by atoms with Crippen molar-refractivity contribution in [3.8, 4) is 0 Å². The van der Waals surface area contributed by atoms with Gasteiger partial charge in [0.2, 0.25) is 5.91 Å². The Morgan fingerprint density at radius 2 is 2.33 bits per heavy atom. The van der Waals surface area contributed by atoms with Gasteiger partial charge in [-0.15, -0.1) is 23.7 Å². The number of hydrogen-bond acceptors (Lipinski definition) is 3. The van der Waals surface area contributed by atoms with Gasteiger partial charge in [0, 0.05) is 17.3 Å². The Labute approximate surface area is 126 Å². The van der Waals surface area contributed by atoms with E-state index in [-0.39, 0.29) is 24.2 Å². The number of carbonyl (C=O) groups is 1. The zero-order valence-electron chi connectivity index (χ0n) is 10.2. The van der Waals surface area contributed by atoms with Crippen LogP contribution in [0.5, 0.6) is 0 Å². The maximum Gasteiger partial charge on any atom is 0.223 e. The molecule has 0 aromatic carbocycles. The number of nitrogens with one attached hydrogen (secondary N) is 2. The lowest BCUT2D eigenvalue weighted by Gasteiger charge is -2.31. The average molecular weight is 354 g/mol. The lowest BCUT2D eigenvalue weighted by atomic mass is 9.88. The highest BCUT2D eigenvalue weighted by Crippen LogP contribution is 2.22. The fourth-order valence-electron chi connectivity index (χ4n) is 1.83. The molecule has 1 fully saturated rings. The molecule has 1 amide bonds. The standard InChI is InChI=1S/C12H17BrN2OS.ClH/c1-8(9-6-14-7-9)12(16)15-5-4-10-2-3-11(13)17-10;/h2-3,8-9,14H,4-7H2,1H3,(H,15,16);1H. The molecule has 0 saturated carbocycles. The summed E-state index contributed by atoms with van der Waals surface area (Å²) < 4.78 is 1.15. The quantitative estimate of drug-likeness (QED) is 0.854. The van der Waals surface area contributed by atoms with Crippen molar-refractivity contribution in [2.75, 3.05) is 19.6 Å². The summed E-state index contributed by atoms with van der Waals surface area (Å²) in [6, 6.07) is 4.14. The normalized spacial score (nSPS) is 16.6. The summed E-state index contributed by atoms with van der Waals surface area (Å²) in [6.45, 7) is 4.71. The first kappa shape index (κ1) is 16.0. The van der Waals surface area contributed by atoms with Gasteiger partial charge in [-0.3, -0.25) is 4.79 Å². The topological polar surface area (TPSA) is 41.1 Å². The van der Waals surface area contributed by atoms with Crippen LogP contribution in [-0.2, 0) is 11.2 Å². The van der Waals surface area contributed by atoms with E-state index in [4.69, 9.17) is 0 Å². The molecule has 0 bridgehead atoms. The van der Waals surface area contributed by atoms with Crippen LogP contribution in [0.4, 0.5) is 0 Å². The first-order chi connectivity index (χ1) is 8.16. The van der Waals surface area contributed by atoms with E-state index in [1.54, 1.807) is 11.3 Å². The lowest BCUT2D eigenvalue weighted by Crippen LogP contribution is -2.49. The number of rotatable bonds is 5. The minimum absolute atomic E-state index is 0. The van der Waals surface area contributed by atoms with Crippen LogP contribution in [0.3, 0.4) is 0 Å². The summed E-state index contributed by atoms with van der Waals surface area (Å²) in [5.74, 6) is 0.837. The SMILES string of the molecule is CC(C(=O)NCCc1ccc(Br)s1)C1CNC1.Cl. The maximum atomic E-state index is 11.8. The van der Waals surface area contributed by atoms with Crippen LogP contribution in [0.2, 0.25) is 0 Å². The number of thiophene rings is 1. The number of carbonyl (C=O) groups excluding carboxylic acids is 1. The summed E-state index contributed by atoms with van der Waals surface area (Å²) >= 11 is 5.16. The molecule has 2 heterocycles. The van der Waals surface area contributed by atoms with E-state index in [0.29, 0.717) is 5.92 Å². The van der Waals surface area contributed by atoms with Gasteiger partial charge in [-0.2, -0.15) is 0 Å². The third kappa shape index (κ3) is 4.23. The van der Waals surface area contributed by atoms with Crippen molar-refractivity contribution < 1.29 is 4.79 Å². The minimum Gasteiger partial charge on any atom is -0.355 e. The summed E-state index contributed by atoms with van der Waals surface area (Å²) in [6.07, 6.45) is 0.914. The van der Waals surface area contributed by atoms with E-state index in [1.165, 1.54) is 4.88 Å². The van der Waals surface area contributed by atoms with Crippen LogP contribution in [0.1, 0.15) is 11.8 Å². The second-order valence-electron chi connectivity index (χ2n) is 4.45.